The van der Waals surface area contributed by atoms with Gasteiger partial charge in [0.15, 0.2) is 9.84 Å². The van der Waals surface area contributed by atoms with Crippen molar-refractivity contribution in [1.82, 2.24) is 0 Å². The van der Waals surface area contributed by atoms with Crippen molar-refractivity contribution in [3.8, 4) is 0 Å². The molecule has 9 heteroatoms. The molecule has 1 unspecified atom stereocenters. The quantitative estimate of drug-likeness (QED) is 0.256. The monoisotopic (exact) mass is 564 g/mol. The summed E-state index contributed by atoms with van der Waals surface area (Å²) in [5, 5.41) is 11.2. The van der Waals surface area contributed by atoms with E-state index < -0.39 is 52.1 Å². The average Bonchev–Trinajstić information content (AvgIpc) is 3.25. The predicted molar refractivity (Wildman–Crippen MR) is 148 cm³/mol. The molecule has 1 fully saturated rings. The van der Waals surface area contributed by atoms with E-state index >= 15 is 0 Å². The summed E-state index contributed by atoms with van der Waals surface area (Å²) < 4.78 is 43.5. The number of hydrogen-bond acceptors (Lipinski definition) is 8. The van der Waals surface area contributed by atoms with E-state index in [2.05, 4.69) is 6.58 Å². The van der Waals surface area contributed by atoms with Crippen LogP contribution in [0.15, 0.2) is 109 Å². The molecule has 0 bridgehead atoms. The van der Waals surface area contributed by atoms with Crippen LogP contribution in [0.1, 0.15) is 33.6 Å². The van der Waals surface area contributed by atoms with Crippen LogP contribution in [0.25, 0.3) is 0 Å². The number of rotatable bonds is 12. The van der Waals surface area contributed by atoms with Gasteiger partial charge >= 0.3 is 11.9 Å². The number of aliphatic hydroxyl groups is 1. The van der Waals surface area contributed by atoms with Crippen LogP contribution < -0.4 is 0 Å². The molecule has 0 amide bonds. The molecule has 0 radical (unpaired) electrons. The van der Waals surface area contributed by atoms with Crippen molar-refractivity contribution in [2.75, 3.05) is 12.4 Å². The van der Waals surface area contributed by atoms with E-state index in [-0.39, 0.29) is 23.7 Å². The Hall–Kier alpha value is -3.79. The first kappa shape index (κ1) is 29.2. The van der Waals surface area contributed by atoms with Crippen LogP contribution in [0.4, 0.5) is 0 Å². The number of carbonyl (C=O) groups excluding carboxylic acids is 2. The SMILES string of the molecule is C=CC[C@@H]1OC(C[C@@H](COC(=O)c2ccccc2)OC(=O)c2ccccc2)[C@H](O)[C@H]1CS(=O)(=O)c1ccccc1. The van der Waals surface area contributed by atoms with E-state index in [1.54, 1.807) is 84.9 Å². The molecular formula is C31H32O8S. The summed E-state index contributed by atoms with van der Waals surface area (Å²) in [6.45, 7) is 3.46. The Balaban J connectivity index is 1.50. The third-order valence-electron chi connectivity index (χ3n) is 6.75. The maximum Gasteiger partial charge on any atom is 0.338 e. The molecule has 1 aliphatic heterocycles. The molecule has 4 rings (SSSR count). The van der Waals surface area contributed by atoms with E-state index in [0.717, 1.165) is 0 Å². The highest BCUT2D eigenvalue weighted by Crippen LogP contribution is 2.34. The zero-order chi connectivity index (χ0) is 28.5. The zero-order valence-corrected chi connectivity index (χ0v) is 22.7. The van der Waals surface area contributed by atoms with Gasteiger partial charge in [0, 0.05) is 12.3 Å². The minimum atomic E-state index is -3.72. The minimum absolute atomic E-state index is 0.0165. The van der Waals surface area contributed by atoms with E-state index in [4.69, 9.17) is 14.2 Å². The Bertz CT molecular complexity index is 1380. The summed E-state index contributed by atoms with van der Waals surface area (Å²) in [6.07, 6.45) is -1.72. The van der Waals surface area contributed by atoms with Crippen molar-refractivity contribution in [2.24, 2.45) is 5.92 Å². The number of esters is 2. The number of sulfone groups is 1. The normalized spacial score (nSPS) is 21.3. The van der Waals surface area contributed by atoms with E-state index in [9.17, 15) is 23.1 Å². The Morgan fingerprint density at radius 1 is 0.875 bits per heavy atom. The second-order valence-electron chi connectivity index (χ2n) is 9.58. The topological polar surface area (TPSA) is 116 Å². The predicted octanol–water partition coefficient (Wildman–Crippen LogP) is 4.25. The van der Waals surface area contributed by atoms with Gasteiger partial charge in [0.2, 0.25) is 0 Å². The highest BCUT2D eigenvalue weighted by molar-refractivity contribution is 7.91. The van der Waals surface area contributed by atoms with Crippen LogP contribution in [0.5, 0.6) is 0 Å². The first-order valence-electron chi connectivity index (χ1n) is 13.0. The maximum absolute atomic E-state index is 13.1. The number of carbonyl (C=O) groups is 2. The summed E-state index contributed by atoms with van der Waals surface area (Å²) in [5.41, 5.74) is 0.649. The second kappa shape index (κ2) is 13.5. The molecule has 0 aromatic heterocycles. The van der Waals surface area contributed by atoms with Crippen molar-refractivity contribution in [3.05, 3.63) is 115 Å². The molecule has 5 atom stereocenters. The highest BCUT2D eigenvalue weighted by atomic mass is 32.2. The van der Waals surface area contributed by atoms with Crippen LogP contribution in [-0.2, 0) is 24.0 Å². The van der Waals surface area contributed by atoms with Gasteiger partial charge in [-0.1, -0.05) is 60.7 Å². The number of hydrogen-bond donors (Lipinski definition) is 1. The molecule has 210 valence electrons. The van der Waals surface area contributed by atoms with Gasteiger partial charge in [0.1, 0.15) is 12.7 Å². The summed E-state index contributed by atoms with van der Waals surface area (Å²) in [6, 6.07) is 24.8. The summed E-state index contributed by atoms with van der Waals surface area (Å²) >= 11 is 0. The standard InChI is InChI=1S/C31H32O8S/c1-2-12-27-26(21-40(35,36)25-17-10-5-11-18-25)29(32)28(39-27)19-24(38-31(34)23-15-8-4-9-16-23)20-37-30(33)22-13-6-3-7-14-22/h2-11,13-18,24,26-29,32H,1,12,19-21H2/t24-,26-,27-,28?,29+/m0/s1. The van der Waals surface area contributed by atoms with Crippen molar-refractivity contribution in [3.63, 3.8) is 0 Å². The summed E-state index contributed by atoms with van der Waals surface area (Å²) in [5.74, 6) is -2.29. The van der Waals surface area contributed by atoms with Crippen molar-refractivity contribution >= 4 is 21.8 Å². The lowest BCUT2D eigenvalue weighted by atomic mass is 9.94. The Morgan fingerprint density at radius 2 is 1.43 bits per heavy atom. The van der Waals surface area contributed by atoms with E-state index in [1.807, 2.05) is 0 Å². The van der Waals surface area contributed by atoms with Gasteiger partial charge in [0.05, 0.1) is 40.1 Å². The van der Waals surface area contributed by atoms with Gasteiger partial charge in [-0.15, -0.1) is 6.58 Å². The fourth-order valence-electron chi connectivity index (χ4n) is 4.70. The van der Waals surface area contributed by atoms with Gasteiger partial charge in [0.25, 0.3) is 0 Å². The van der Waals surface area contributed by atoms with Crippen molar-refractivity contribution < 1.29 is 37.3 Å². The van der Waals surface area contributed by atoms with Gasteiger partial charge in [-0.05, 0) is 42.8 Å². The molecule has 1 aliphatic rings. The third-order valence-corrected chi connectivity index (χ3v) is 8.56. The summed E-state index contributed by atoms with van der Waals surface area (Å²) in [7, 11) is -3.72. The van der Waals surface area contributed by atoms with Crippen LogP contribution in [0, 0.1) is 5.92 Å². The first-order chi connectivity index (χ1) is 19.3. The first-order valence-corrected chi connectivity index (χ1v) is 14.6. The van der Waals surface area contributed by atoms with Gasteiger partial charge in [-0.3, -0.25) is 0 Å². The van der Waals surface area contributed by atoms with Crippen LogP contribution in [0.3, 0.4) is 0 Å². The smallest absolute Gasteiger partial charge is 0.338 e. The van der Waals surface area contributed by atoms with E-state index in [0.29, 0.717) is 17.5 Å². The molecule has 1 heterocycles. The number of aliphatic hydroxyl groups excluding tert-OH is 1. The van der Waals surface area contributed by atoms with Gasteiger partial charge in [-0.25, -0.2) is 18.0 Å². The molecule has 8 nitrogen and oxygen atoms in total. The molecular weight excluding hydrogens is 532 g/mol. The fraction of sp³-hybridized carbons (Fsp3) is 0.290. The van der Waals surface area contributed by atoms with Crippen LogP contribution >= 0.6 is 0 Å². The lowest BCUT2D eigenvalue weighted by Crippen LogP contribution is -2.36. The maximum atomic E-state index is 13.1. The molecule has 3 aromatic rings. The minimum Gasteiger partial charge on any atom is -0.458 e. The fourth-order valence-corrected chi connectivity index (χ4v) is 6.39. The largest absolute Gasteiger partial charge is 0.458 e. The summed E-state index contributed by atoms with van der Waals surface area (Å²) in [4.78, 5) is 25.6. The third kappa shape index (κ3) is 7.44. The Kier molecular flexibility index (Phi) is 9.87. The highest BCUT2D eigenvalue weighted by Gasteiger charge is 2.46. The zero-order valence-electron chi connectivity index (χ0n) is 21.9. The van der Waals surface area contributed by atoms with Crippen molar-refractivity contribution in [1.29, 1.82) is 0 Å². The molecule has 40 heavy (non-hydrogen) atoms. The van der Waals surface area contributed by atoms with Crippen LogP contribution in [0.2, 0.25) is 0 Å². The Morgan fingerprint density at radius 3 is 2.00 bits per heavy atom. The lowest BCUT2D eigenvalue weighted by Gasteiger charge is -2.23. The van der Waals surface area contributed by atoms with Crippen molar-refractivity contribution in [2.45, 2.75) is 42.2 Å². The second-order valence-corrected chi connectivity index (χ2v) is 11.6. The number of benzene rings is 3. The van der Waals surface area contributed by atoms with Crippen LogP contribution in [-0.4, -0.2) is 62.2 Å². The molecule has 0 spiro atoms. The molecule has 0 aliphatic carbocycles. The molecule has 1 saturated heterocycles. The Labute approximate surface area is 234 Å². The number of ether oxygens (including phenoxy) is 3. The lowest BCUT2D eigenvalue weighted by molar-refractivity contribution is -0.0449. The average molecular weight is 565 g/mol. The molecule has 1 N–H and O–H groups in total. The molecule has 0 saturated carbocycles. The van der Waals surface area contributed by atoms with Gasteiger partial charge < -0.3 is 19.3 Å². The van der Waals surface area contributed by atoms with E-state index in [1.165, 1.54) is 12.1 Å². The molecule has 3 aromatic carbocycles. The van der Waals surface area contributed by atoms with Gasteiger partial charge in [-0.2, -0.15) is 0 Å².